The number of phenolic OH excluding ortho intramolecular Hbond substituents is 1. The third-order valence-electron chi connectivity index (χ3n) is 4.21. The van der Waals surface area contributed by atoms with Gasteiger partial charge in [0.1, 0.15) is 11.3 Å². The maximum atomic E-state index is 12.6. The van der Waals surface area contributed by atoms with Crippen LogP contribution in [0.2, 0.25) is 0 Å². The minimum absolute atomic E-state index is 0.139. The lowest BCUT2D eigenvalue weighted by molar-refractivity contribution is -0.130. The predicted molar refractivity (Wildman–Crippen MR) is 94.2 cm³/mol. The number of imide groups is 1. The van der Waals surface area contributed by atoms with Gasteiger partial charge in [-0.1, -0.05) is 30.3 Å². The van der Waals surface area contributed by atoms with Crippen molar-refractivity contribution in [3.63, 3.8) is 0 Å². The number of rotatable bonds is 5. The molecule has 0 saturated carbocycles. The van der Waals surface area contributed by atoms with Gasteiger partial charge < -0.3 is 10.4 Å². The van der Waals surface area contributed by atoms with Crippen molar-refractivity contribution < 1.29 is 14.7 Å². The number of hydrazone groups is 1. The molecule has 1 saturated heterocycles. The number of amides is 3. The third-order valence-corrected chi connectivity index (χ3v) is 4.21. The van der Waals surface area contributed by atoms with E-state index in [4.69, 9.17) is 0 Å². The topological polar surface area (TPSA) is 82.0 Å². The zero-order chi connectivity index (χ0) is 17.9. The van der Waals surface area contributed by atoms with Crippen LogP contribution in [0.15, 0.2) is 59.7 Å². The van der Waals surface area contributed by atoms with E-state index >= 15 is 0 Å². The van der Waals surface area contributed by atoms with E-state index in [2.05, 4.69) is 10.4 Å². The fourth-order valence-corrected chi connectivity index (χ4v) is 2.67. The average molecular weight is 337 g/mol. The van der Waals surface area contributed by atoms with Crippen molar-refractivity contribution in [2.24, 2.45) is 5.10 Å². The Morgan fingerprint density at radius 1 is 1.12 bits per heavy atom. The first-order valence-corrected chi connectivity index (χ1v) is 8.02. The summed E-state index contributed by atoms with van der Waals surface area (Å²) in [5, 5.41) is 16.9. The van der Waals surface area contributed by atoms with Crippen molar-refractivity contribution in [2.45, 2.75) is 25.3 Å². The standard InChI is InChI=1S/C19H19N3O3/c1-19(12-11-14-5-3-2-4-6-14)17(24)22(18(25)21-19)20-13-15-7-9-16(23)10-8-15/h2-10,13,23H,11-12H2,1H3,(H,21,25)/b20-13+/t19-/m0/s1. The van der Waals surface area contributed by atoms with E-state index in [9.17, 15) is 14.7 Å². The summed E-state index contributed by atoms with van der Waals surface area (Å²) in [5.41, 5.74) is 0.812. The number of hydrogen-bond acceptors (Lipinski definition) is 4. The van der Waals surface area contributed by atoms with Gasteiger partial charge in [-0.15, -0.1) is 5.01 Å². The first-order chi connectivity index (χ1) is 12.0. The highest BCUT2D eigenvalue weighted by Crippen LogP contribution is 2.23. The molecule has 0 radical (unpaired) electrons. The van der Waals surface area contributed by atoms with Crippen molar-refractivity contribution in [3.05, 3.63) is 65.7 Å². The summed E-state index contributed by atoms with van der Waals surface area (Å²) in [6.07, 6.45) is 2.59. The first kappa shape index (κ1) is 16.7. The van der Waals surface area contributed by atoms with Crippen LogP contribution in [0, 0.1) is 0 Å². The van der Waals surface area contributed by atoms with Gasteiger partial charge in [0.15, 0.2) is 0 Å². The van der Waals surface area contributed by atoms with Gasteiger partial charge in [0.25, 0.3) is 5.91 Å². The lowest BCUT2D eigenvalue weighted by Crippen LogP contribution is -2.44. The van der Waals surface area contributed by atoms with Crippen LogP contribution < -0.4 is 5.32 Å². The second-order valence-electron chi connectivity index (χ2n) is 6.20. The number of aromatic hydroxyl groups is 1. The summed E-state index contributed by atoms with van der Waals surface area (Å²) in [7, 11) is 0. The van der Waals surface area contributed by atoms with Gasteiger partial charge in [-0.25, -0.2) is 4.79 Å². The molecule has 6 nitrogen and oxygen atoms in total. The Labute approximate surface area is 145 Å². The molecule has 25 heavy (non-hydrogen) atoms. The van der Waals surface area contributed by atoms with Gasteiger partial charge in [0, 0.05) is 0 Å². The number of hydrogen-bond donors (Lipinski definition) is 2. The van der Waals surface area contributed by atoms with Gasteiger partial charge in [-0.2, -0.15) is 5.10 Å². The minimum atomic E-state index is -0.973. The molecule has 3 amide bonds. The molecule has 0 bridgehead atoms. The quantitative estimate of drug-likeness (QED) is 0.650. The van der Waals surface area contributed by atoms with Crippen molar-refractivity contribution in [1.82, 2.24) is 10.3 Å². The van der Waals surface area contributed by atoms with Crippen LogP contribution in [0.5, 0.6) is 5.75 Å². The maximum absolute atomic E-state index is 12.6. The van der Waals surface area contributed by atoms with Gasteiger partial charge >= 0.3 is 6.03 Å². The number of urea groups is 1. The molecule has 1 aliphatic heterocycles. The molecule has 1 atom stereocenters. The van der Waals surface area contributed by atoms with Gasteiger partial charge in [0.2, 0.25) is 0 Å². The van der Waals surface area contributed by atoms with Crippen LogP contribution in [-0.4, -0.2) is 33.8 Å². The Balaban J connectivity index is 1.69. The van der Waals surface area contributed by atoms with E-state index in [0.29, 0.717) is 18.4 Å². The van der Waals surface area contributed by atoms with E-state index in [0.717, 1.165) is 10.6 Å². The zero-order valence-corrected chi connectivity index (χ0v) is 13.8. The number of benzene rings is 2. The van der Waals surface area contributed by atoms with Crippen LogP contribution in [0.25, 0.3) is 0 Å². The largest absolute Gasteiger partial charge is 0.508 e. The van der Waals surface area contributed by atoms with Gasteiger partial charge in [-0.3, -0.25) is 4.79 Å². The number of nitrogens with one attached hydrogen (secondary N) is 1. The second-order valence-corrected chi connectivity index (χ2v) is 6.20. The summed E-state index contributed by atoms with van der Waals surface area (Å²) in [6, 6.07) is 15.6. The SMILES string of the molecule is C[C@@]1(CCc2ccccc2)NC(=O)N(/N=C/c2ccc(O)cc2)C1=O. The molecule has 1 fully saturated rings. The van der Waals surface area contributed by atoms with Crippen LogP contribution >= 0.6 is 0 Å². The monoisotopic (exact) mass is 337 g/mol. The Bertz CT molecular complexity index is 802. The average Bonchev–Trinajstić information content (AvgIpc) is 2.83. The number of carbonyl (C=O) groups excluding carboxylic acids is 2. The fraction of sp³-hybridized carbons (Fsp3) is 0.211. The highest BCUT2D eigenvalue weighted by molar-refractivity contribution is 6.07. The number of phenols is 1. The highest BCUT2D eigenvalue weighted by Gasteiger charge is 2.47. The molecule has 6 heteroatoms. The lowest BCUT2D eigenvalue weighted by atomic mass is 9.93. The van der Waals surface area contributed by atoms with E-state index in [1.165, 1.54) is 18.3 Å². The van der Waals surface area contributed by atoms with Crippen LogP contribution in [-0.2, 0) is 11.2 Å². The van der Waals surface area contributed by atoms with Crippen LogP contribution in [0.4, 0.5) is 4.79 Å². The van der Waals surface area contributed by atoms with E-state index in [-0.39, 0.29) is 11.7 Å². The Kier molecular flexibility index (Phi) is 4.52. The van der Waals surface area contributed by atoms with E-state index in [1.807, 2.05) is 30.3 Å². The molecule has 2 aromatic carbocycles. The highest BCUT2D eigenvalue weighted by atomic mass is 16.3. The summed E-state index contributed by atoms with van der Waals surface area (Å²) in [5.74, 6) is -0.232. The van der Waals surface area contributed by atoms with E-state index < -0.39 is 11.6 Å². The van der Waals surface area contributed by atoms with E-state index in [1.54, 1.807) is 19.1 Å². The normalized spacial score (nSPS) is 20.3. The molecule has 0 spiro atoms. The maximum Gasteiger partial charge on any atom is 0.346 e. The number of nitrogens with zero attached hydrogens (tertiary/aromatic N) is 2. The Morgan fingerprint density at radius 3 is 2.48 bits per heavy atom. The van der Waals surface area contributed by atoms with Gasteiger partial charge in [0.05, 0.1) is 6.21 Å². The second kappa shape index (κ2) is 6.76. The summed E-state index contributed by atoms with van der Waals surface area (Å²) >= 11 is 0. The number of carbonyl (C=O) groups is 2. The summed E-state index contributed by atoms with van der Waals surface area (Å²) in [6.45, 7) is 1.71. The molecule has 0 unspecified atom stereocenters. The lowest BCUT2D eigenvalue weighted by Gasteiger charge is -2.20. The first-order valence-electron chi connectivity index (χ1n) is 8.02. The van der Waals surface area contributed by atoms with Crippen molar-refractivity contribution >= 4 is 18.2 Å². The van der Waals surface area contributed by atoms with Crippen LogP contribution in [0.3, 0.4) is 0 Å². The minimum Gasteiger partial charge on any atom is -0.508 e. The molecule has 1 heterocycles. The number of aryl methyl sites for hydroxylation is 1. The molecule has 1 aliphatic rings. The molecular weight excluding hydrogens is 318 g/mol. The Hall–Kier alpha value is -3.15. The Morgan fingerprint density at radius 2 is 1.80 bits per heavy atom. The molecule has 2 N–H and O–H groups in total. The van der Waals surface area contributed by atoms with Crippen LogP contribution in [0.1, 0.15) is 24.5 Å². The molecular formula is C19H19N3O3. The van der Waals surface area contributed by atoms with Crippen molar-refractivity contribution in [1.29, 1.82) is 0 Å². The molecule has 3 rings (SSSR count). The molecule has 0 aromatic heterocycles. The molecule has 128 valence electrons. The zero-order valence-electron chi connectivity index (χ0n) is 13.8. The molecule has 2 aromatic rings. The van der Waals surface area contributed by atoms with Crippen molar-refractivity contribution in [2.75, 3.05) is 0 Å². The smallest absolute Gasteiger partial charge is 0.346 e. The van der Waals surface area contributed by atoms with Gasteiger partial charge in [-0.05, 0) is 55.2 Å². The fourth-order valence-electron chi connectivity index (χ4n) is 2.67. The summed E-state index contributed by atoms with van der Waals surface area (Å²) in [4.78, 5) is 24.8. The predicted octanol–water partition coefficient (Wildman–Crippen LogP) is 2.67. The van der Waals surface area contributed by atoms with Crippen molar-refractivity contribution in [3.8, 4) is 5.75 Å². The molecule has 0 aliphatic carbocycles. The summed E-state index contributed by atoms with van der Waals surface area (Å²) < 4.78 is 0. The third kappa shape index (κ3) is 3.68.